The Morgan fingerprint density at radius 3 is 2.34 bits per heavy atom. The van der Waals surface area contributed by atoms with Gasteiger partial charge in [-0.3, -0.25) is 14.5 Å². The Labute approximate surface area is 319 Å². The van der Waals surface area contributed by atoms with Crippen LogP contribution in [-0.4, -0.2) is 78.7 Å². The zero-order valence-corrected chi connectivity index (χ0v) is 31.6. The van der Waals surface area contributed by atoms with Crippen molar-refractivity contribution in [2.24, 2.45) is 5.92 Å². The minimum absolute atomic E-state index is 0.0577. The van der Waals surface area contributed by atoms with Crippen molar-refractivity contribution >= 4 is 40.8 Å². The van der Waals surface area contributed by atoms with E-state index in [2.05, 4.69) is 20.4 Å². The molecule has 7 rings (SSSR count). The molecule has 2 fully saturated rings. The number of ether oxygens (including phenoxy) is 3. The fourth-order valence-electron chi connectivity index (χ4n) is 7.43. The van der Waals surface area contributed by atoms with Crippen molar-refractivity contribution in [3.05, 3.63) is 81.2 Å². The van der Waals surface area contributed by atoms with Crippen LogP contribution in [0.25, 0.3) is 22.4 Å². The number of pyridine rings is 1. The predicted octanol–water partition coefficient (Wildman–Crippen LogP) is 5.80. The standard InChI is InChI=1S/C39H43Cl2N7O5/c1-51-37-24(18-42-19-25-11-13-34(49)43-25)10-12-30(45-37)28-8-4-6-26(35(28)40)27-7-5-9-32(36(27)41)48-20-29-31(21-48)44-33(46-38(29)52-2)22-47-16-14-23(15-17-47)39(50)53-3/h4-10,12,23,25,42H,11,13-22H2,1-3H3,(H,43,49)/t25-/m0/s1. The number of esters is 1. The minimum Gasteiger partial charge on any atom is -0.481 e. The van der Waals surface area contributed by atoms with E-state index in [0.717, 1.165) is 71.6 Å². The predicted molar refractivity (Wildman–Crippen MR) is 203 cm³/mol. The highest BCUT2D eigenvalue weighted by atomic mass is 35.5. The van der Waals surface area contributed by atoms with Crippen LogP contribution in [0.2, 0.25) is 10.0 Å². The summed E-state index contributed by atoms with van der Waals surface area (Å²) in [5.74, 6) is 1.66. The molecule has 53 heavy (non-hydrogen) atoms. The van der Waals surface area contributed by atoms with Crippen molar-refractivity contribution in [1.29, 1.82) is 0 Å². The van der Waals surface area contributed by atoms with Crippen LogP contribution in [0.5, 0.6) is 11.8 Å². The van der Waals surface area contributed by atoms with Crippen molar-refractivity contribution in [2.45, 2.75) is 57.9 Å². The zero-order chi connectivity index (χ0) is 37.1. The summed E-state index contributed by atoms with van der Waals surface area (Å²) >= 11 is 14.4. The molecule has 0 saturated carbocycles. The second kappa shape index (κ2) is 16.3. The van der Waals surface area contributed by atoms with Crippen LogP contribution in [0.1, 0.15) is 48.3 Å². The number of benzene rings is 2. The van der Waals surface area contributed by atoms with Crippen molar-refractivity contribution in [3.8, 4) is 34.1 Å². The van der Waals surface area contributed by atoms with E-state index in [4.69, 9.17) is 52.4 Å². The van der Waals surface area contributed by atoms with E-state index >= 15 is 0 Å². The number of likely N-dealkylation sites (tertiary alicyclic amines) is 1. The van der Waals surface area contributed by atoms with Gasteiger partial charge in [0.25, 0.3) is 0 Å². The molecule has 2 N–H and O–H groups in total. The maximum Gasteiger partial charge on any atom is 0.308 e. The topological polar surface area (TPSA) is 131 Å². The van der Waals surface area contributed by atoms with Crippen molar-refractivity contribution in [1.82, 2.24) is 30.5 Å². The molecule has 0 spiro atoms. The van der Waals surface area contributed by atoms with Crippen LogP contribution in [-0.2, 0) is 40.5 Å². The first kappa shape index (κ1) is 36.9. The number of hydrogen-bond donors (Lipinski definition) is 2. The second-order valence-electron chi connectivity index (χ2n) is 13.6. The zero-order valence-electron chi connectivity index (χ0n) is 30.1. The molecule has 4 aromatic rings. The normalized spacial score (nSPS) is 17.5. The first-order valence-corrected chi connectivity index (χ1v) is 18.6. The summed E-state index contributed by atoms with van der Waals surface area (Å²) in [4.78, 5) is 42.5. The van der Waals surface area contributed by atoms with Gasteiger partial charge in [0, 0.05) is 47.8 Å². The number of nitrogens with zero attached hydrogens (tertiary/aromatic N) is 5. The van der Waals surface area contributed by atoms with E-state index in [0.29, 0.717) is 72.5 Å². The smallest absolute Gasteiger partial charge is 0.308 e. The van der Waals surface area contributed by atoms with Crippen LogP contribution in [0.3, 0.4) is 0 Å². The van der Waals surface area contributed by atoms with Gasteiger partial charge in [-0.2, -0.15) is 4.98 Å². The number of fused-ring (bicyclic) bond motifs is 1. The Morgan fingerprint density at radius 2 is 1.62 bits per heavy atom. The highest BCUT2D eigenvalue weighted by molar-refractivity contribution is 6.39. The first-order valence-electron chi connectivity index (χ1n) is 17.9. The number of carbonyl (C=O) groups is 2. The highest BCUT2D eigenvalue weighted by Gasteiger charge is 2.30. The molecular weight excluding hydrogens is 717 g/mol. The van der Waals surface area contributed by atoms with Gasteiger partial charge in [-0.15, -0.1) is 0 Å². The number of hydrogen-bond acceptors (Lipinski definition) is 11. The Hall–Kier alpha value is -4.49. The molecule has 2 aromatic carbocycles. The lowest BCUT2D eigenvalue weighted by atomic mass is 9.97. The third kappa shape index (κ3) is 7.91. The summed E-state index contributed by atoms with van der Waals surface area (Å²) in [5, 5.41) is 7.49. The molecule has 2 saturated heterocycles. The molecule has 12 nitrogen and oxygen atoms in total. The Bertz CT molecular complexity index is 2010. The number of rotatable bonds is 12. The number of nitrogens with one attached hydrogen (secondary N) is 2. The van der Waals surface area contributed by atoms with Crippen LogP contribution in [0, 0.1) is 5.92 Å². The van der Waals surface area contributed by atoms with Gasteiger partial charge in [0.2, 0.25) is 17.7 Å². The average molecular weight is 761 g/mol. The quantitative estimate of drug-likeness (QED) is 0.170. The molecule has 2 aromatic heterocycles. The van der Waals surface area contributed by atoms with Gasteiger partial charge in [0.15, 0.2) is 0 Å². The van der Waals surface area contributed by atoms with E-state index in [1.54, 1.807) is 14.2 Å². The lowest BCUT2D eigenvalue weighted by Gasteiger charge is -2.30. The molecule has 0 bridgehead atoms. The molecule has 278 valence electrons. The number of carbonyl (C=O) groups excluding carboxylic acids is 2. The van der Waals surface area contributed by atoms with E-state index in [-0.39, 0.29) is 23.8 Å². The summed E-state index contributed by atoms with van der Waals surface area (Å²) in [6.07, 6.45) is 2.91. The molecule has 0 unspecified atom stereocenters. The molecule has 5 heterocycles. The van der Waals surface area contributed by atoms with Crippen LogP contribution >= 0.6 is 23.2 Å². The van der Waals surface area contributed by atoms with E-state index in [1.807, 2.05) is 48.5 Å². The molecule has 1 atom stereocenters. The van der Waals surface area contributed by atoms with Gasteiger partial charge >= 0.3 is 5.97 Å². The lowest BCUT2D eigenvalue weighted by Crippen LogP contribution is -2.36. The summed E-state index contributed by atoms with van der Waals surface area (Å²) in [6.45, 7) is 4.44. The number of methoxy groups -OCH3 is 3. The molecule has 1 amide bonds. The molecular formula is C39H43Cl2N7O5. The van der Waals surface area contributed by atoms with Crippen LogP contribution < -0.4 is 25.0 Å². The molecule has 0 radical (unpaired) electrons. The molecule has 3 aliphatic rings. The Balaban J connectivity index is 1.07. The van der Waals surface area contributed by atoms with Gasteiger partial charge < -0.3 is 29.7 Å². The number of aromatic nitrogens is 3. The fourth-order valence-corrected chi connectivity index (χ4v) is 8.10. The maximum atomic E-state index is 12.0. The van der Waals surface area contributed by atoms with Gasteiger partial charge in [-0.05, 0) is 44.5 Å². The fraction of sp³-hybridized carbons (Fsp3) is 0.410. The SMILES string of the molecule is COC(=O)C1CCN(Cc2nc3c(c(OC)n2)CN(c2cccc(-c4cccc(-c5ccc(CNC[C@@H]6CCC(=O)N6)c(OC)n5)c4Cl)c2Cl)C3)CC1. The molecule has 0 aliphatic carbocycles. The molecule has 3 aliphatic heterocycles. The van der Waals surface area contributed by atoms with Gasteiger partial charge in [-0.25, -0.2) is 9.97 Å². The van der Waals surface area contributed by atoms with Crippen molar-refractivity contribution in [3.63, 3.8) is 0 Å². The number of amides is 1. The summed E-state index contributed by atoms with van der Waals surface area (Å²) < 4.78 is 16.4. The first-order chi connectivity index (χ1) is 25.8. The van der Waals surface area contributed by atoms with Gasteiger partial charge in [0.05, 0.1) is 79.6 Å². The minimum atomic E-state index is -0.140. The van der Waals surface area contributed by atoms with E-state index < -0.39 is 0 Å². The summed E-state index contributed by atoms with van der Waals surface area (Å²) in [7, 11) is 4.68. The number of halogens is 2. The third-order valence-electron chi connectivity index (χ3n) is 10.3. The average Bonchev–Trinajstić information content (AvgIpc) is 3.80. The number of anilines is 1. The van der Waals surface area contributed by atoms with Gasteiger partial charge in [0.1, 0.15) is 5.82 Å². The Kier molecular flexibility index (Phi) is 11.3. The third-order valence-corrected chi connectivity index (χ3v) is 11.1. The monoisotopic (exact) mass is 759 g/mol. The van der Waals surface area contributed by atoms with Crippen LogP contribution in [0.4, 0.5) is 5.69 Å². The summed E-state index contributed by atoms with van der Waals surface area (Å²) in [5.41, 5.74) is 6.62. The molecule has 14 heteroatoms. The largest absolute Gasteiger partial charge is 0.481 e. The maximum absolute atomic E-state index is 12.0. The van der Waals surface area contributed by atoms with Crippen LogP contribution in [0.15, 0.2) is 48.5 Å². The van der Waals surface area contributed by atoms with Gasteiger partial charge in [-0.1, -0.05) is 59.6 Å². The van der Waals surface area contributed by atoms with E-state index in [1.165, 1.54) is 7.11 Å². The van der Waals surface area contributed by atoms with E-state index in [9.17, 15) is 9.59 Å². The van der Waals surface area contributed by atoms with Crippen molar-refractivity contribution < 1.29 is 23.8 Å². The van der Waals surface area contributed by atoms with Crippen molar-refractivity contribution in [2.75, 3.05) is 45.9 Å². The Morgan fingerprint density at radius 1 is 0.887 bits per heavy atom. The number of piperidine rings is 1. The second-order valence-corrected chi connectivity index (χ2v) is 14.4. The summed E-state index contributed by atoms with van der Waals surface area (Å²) in [6, 6.07) is 15.9. The highest BCUT2D eigenvalue weighted by Crippen LogP contribution is 2.44. The lowest BCUT2D eigenvalue weighted by molar-refractivity contribution is -0.147.